The van der Waals surface area contributed by atoms with E-state index in [2.05, 4.69) is 32.4 Å². The molecule has 4 rings (SSSR count). The van der Waals surface area contributed by atoms with Crippen molar-refractivity contribution in [2.75, 3.05) is 25.0 Å². The quantitative estimate of drug-likeness (QED) is 0.931. The lowest BCUT2D eigenvalue weighted by Gasteiger charge is -2.29. The van der Waals surface area contributed by atoms with Gasteiger partial charge in [-0.25, -0.2) is 9.48 Å². The molecule has 1 aromatic heterocycles. The molecular formula is C18H24N6O. The van der Waals surface area contributed by atoms with Crippen molar-refractivity contribution in [3.63, 3.8) is 0 Å². The standard InChI is InChI=1S/C18H24N6O/c1-2-22-11-9-16-7-8-17(13-22)24(16)18(25)20-14-3-5-15(6-4-14)23-12-10-19-21-23/h3-6,10,12,16-17H,2,7-9,11,13H2,1H3,(H,20,25). The summed E-state index contributed by atoms with van der Waals surface area (Å²) >= 11 is 0. The van der Waals surface area contributed by atoms with Gasteiger partial charge in [-0.2, -0.15) is 0 Å². The molecule has 2 atom stereocenters. The summed E-state index contributed by atoms with van der Waals surface area (Å²) in [7, 11) is 0. The van der Waals surface area contributed by atoms with Gasteiger partial charge in [-0.3, -0.25) is 0 Å². The summed E-state index contributed by atoms with van der Waals surface area (Å²) in [5.74, 6) is 0. The maximum absolute atomic E-state index is 12.9. The van der Waals surface area contributed by atoms with Crippen LogP contribution < -0.4 is 5.32 Å². The highest BCUT2D eigenvalue weighted by molar-refractivity contribution is 5.90. The number of likely N-dealkylation sites (tertiary alicyclic amines) is 1. The first-order valence-electron chi connectivity index (χ1n) is 9.03. The first-order valence-corrected chi connectivity index (χ1v) is 9.03. The predicted octanol–water partition coefficient (Wildman–Crippen LogP) is 2.36. The first kappa shape index (κ1) is 16.1. The molecular weight excluding hydrogens is 316 g/mol. The minimum Gasteiger partial charge on any atom is -0.317 e. The summed E-state index contributed by atoms with van der Waals surface area (Å²) < 4.78 is 1.69. The Labute approximate surface area is 147 Å². The number of fused-ring (bicyclic) bond motifs is 2. The second-order valence-corrected chi connectivity index (χ2v) is 6.80. The summed E-state index contributed by atoms with van der Waals surface area (Å²) in [5.41, 5.74) is 1.73. The van der Waals surface area contributed by atoms with Crippen molar-refractivity contribution in [1.29, 1.82) is 0 Å². The molecule has 25 heavy (non-hydrogen) atoms. The van der Waals surface area contributed by atoms with Crippen molar-refractivity contribution in [3.05, 3.63) is 36.7 Å². The molecule has 1 aromatic carbocycles. The Hall–Kier alpha value is -2.41. The van der Waals surface area contributed by atoms with Crippen LogP contribution in [0.3, 0.4) is 0 Å². The monoisotopic (exact) mass is 340 g/mol. The Bertz CT molecular complexity index is 714. The molecule has 7 heteroatoms. The molecule has 7 nitrogen and oxygen atoms in total. The van der Waals surface area contributed by atoms with Crippen molar-refractivity contribution in [2.24, 2.45) is 0 Å². The van der Waals surface area contributed by atoms with Crippen LogP contribution in [0.4, 0.5) is 10.5 Å². The molecule has 2 fully saturated rings. The number of hydrogen-bond acceptors (Lipinski definition) is 4. The van der Waals surface area contributed by atoms with E-state index in [-0.39, 0.29) is 6.03 Å². The number of benzene rings is 1. The lowest BCUT2D eigenvalue weighted by molar-refractivity contribution is 0.184. The molecule has 2 unspecified atom stereocenters. The van der Waals surface area contributed by atoms with E-state index in [1.807, 2.05) is 24.3 Å². The van der Waals surface area contributed by atoms with Crippen molar-refractivity contribution in [2.45, 2.75) is 38.3 Å². The second-order valence-electron chi connectivity index (χ2n) is 6.80. The number of nitrogens with zero attached hydrogens (tertiary/aromatic N) is 5. The Morgan fingerprint density at radius 3 is 2.72 bits per heavy atom. The average Bonchev–Trinajstić information content (AvgIpc) is 3.23. The fourth-order valence-corrected chi connectivity index (χ4v) is 4.00. The zero-order chi connectivity index (χ0) is 17.2. The van der Waals surface area contributed by atoms with Gasteiger partial charge in [0.05, 0.1) is 18.1 Å². The van der Waals surface area contributed by atoms with Crippen molar-refractivity contribution >= 4 is 11.7 Å². The SMILES string of the molecule is CCN1CCC2CCC(C1)N2C(=O)Nc1ccc(-n2ccnn2)cc1. The van der Waals surface area contributed by atoms with Gasteiger partial charge in [-0.15, -0.1) is 5.10 Å². The minimum absolute atomic E-state index is 0.0268. The van der Waals surface area contributed by atoms with Crippen molar-refractivity contribution in [3.8, 4) is 5.69 Å². The molecule has 2 amide bonds. The van der Waals surface area contributed by atoms with E-state index in [0.29, 0.717) is 12.1 Å². The van der Waals surface area contributed by atoms with E-state index >= 15 is 0 Å². The number of aromatic nitrogens is 3. The fraction of sp³-hybridized carbons (Fsp3) is 0.500. The number of carbonyl (C=O) groups excluding carboxylic acids is 1. The molecule has 2 aliphatic heterocycles. The van der Waals surface area contributed by atoms with Crippen LogP contribution in [0.5, 0.6) is 0 Å². The largest absolute Gasteiger partial charge is 0.322 e. The van der Waals surface area contributed by atoms with Gasteiger partial charge in [-0.1, -0.05) is 12.1 Å². The van der Waals surface area contributed by atoms with Crippen LogP contribution in [0.25, 0.3) is 5.69 Å². The Kier molecular flexibility index (Phi) is 4.40. The third-order valence-electron chi connectivity index (χ3n) is 5.35. The predicted molar refractivity (Wildman–Crippen MR) is 95.8 cm³/mol. The molecule has 0 spiro atoms. The number of rotatable bonds is 3. The van der Waals surface area contributed by atoms with Gasteiger partial charge in [0.25, 0.3) is 0 Å². The van der Waals surface area contributed by atoms with Crippen LogP contribution in [-0.4, -0.2) is 62.5 Å². The molecule has 3 heterocycles. The zero-order valence-corrected chi connectivity index (χ0v) is 14.5. The third kappa shape index (κ3) is 3.24. The maximum atomic E-state index is 12.9. The Balaban J connectivity index is 1.45. The van der Waals surface area contributed by atoms with Crippen molar-refractivity contribution < 1.29 is 4.79 Å². The van der Waals surface area contributed by atoms with E-state index in [0.717, 1.165) is 50.3 Å². The molecule has 2 saturated heterocycles. The van der Waals surface area contributed by atoms with Gasteiger partial charge in [-0.05, 0) is 50.1 Å². The molecule has 2 aromatic rings. The molecule has 1 N–H and O–H groups in total. The summed E-state index contributed by atoms with van der Waals surface area (Å²) in [5, 5.41) is 10.8. The van der Waals surface area contributed by atoms with Crippen LogP contribution in [0.15, 0.2) is 36.7 Å². The summed E-state index contributed by atoms with van der Waals surface area (Å²) in [6.45, 7) is 5.34. The highest BCUT2D eigenvalue weighted by atomic mass is 16.2. The molecule has 132 valence electrons. The van der Waals surface area contributed by atoms with Gasteiger partial charge in [0.2, 0.25) is 0 Å². The number of urea groups is 1. The average molecular weight is 340 g/mol. The van der Waals surface area contributed by atoms with E-state index < -0.39 is 0 Å². The topological polar surface area (TPSA) is 66.3 Å². The number of anilines is 1. The van der Waals surface area contributed by atoms with E-state index in [1.165, 1.54) is 0 Å². The van der Waals surface area contributed by atoms with Crippen LogP contribution in [0.2, 0.25) is 0 Å². The maximum Gasteiger partial charge on any atom is 0.322 e. The van der Waals surface area contributed by atoms with E-state index in [1.54, 1.807) is 17.1 Å². The van der Waals surface area contributed by atoms with E-state index in [4.69, 9.17) is 0 Å². The fourth-order valence-electron chi connectivity index (χ4n) is 4.00. The van der Waals surface area contributed by atoms with E-state index in [9.17, 15) is 4.79 Å². The lowest BCUT2D eigenvalue weighted by Crippen LogP contribution is -2.45. The molecule has 2 aliphatic rings. The van der Waals surface area contributed by atoms with Gasteiger partial charge < -0.3 is 15.1 Å². The Morgan fingerprint density at radius 1 is 1.20 bits per heavy atom. The number of carbonyl (C=O) groups is 1. The lowest BCUT2D eigenvalue weighted by atomic mass is 10.1. The highest BCUT2D eigenvalue weighted by Gasteiger charge is 2.39. The number of amides is 2. The van der Waals surface area contributed by atoms with Crippen LogP contribution in [0.1, 0.15) is 26.2 Å². The van der Waals surface area contributed by atoms with Gasteiger partial charge in [0, 0.05) is 30.9 Å². The highest BCUT2D eigenvalue weighted by Crippen LogP contribution is 2.30. The normalized spacial score (nSPS) is 23.5. The molecule has 0 radical (unpaired) electrons. The second kappa shape index (κ2) is 6.84. The smallest absolute Gasteiger partial charge is 0.317 e. The summed E-state index contributed by atoms with van der Waals surface area (Å²) in [6, 6.07) is 8.41. The molecule has 2 bridgehead atoms. The Morgan fingerprint density at radius 2 is 2.00 bits per heavy atom. The molecule has 0 aliphatic carbocycles. The van der Waals surface area contributed by atoms with Gasteiger partial charge >= 0.3 is 6.03 Å². The first-order chi connectivity index (χ1) is 12.2. The van der Waals surface area contributed by atoms with Crippen LogP contribution >= 0.6 is 0 Å². The van der Waals surface area contributed by atoms with Crippen molar-refractivity contribution in [1.82, 2.24) is 24.8 Å². The van der Waals surface area contributed by atoms with Gasteiger partial charge in [0.1, 0.15) is 0 Å². The summed E-state index contributed by atoms with van der Waals surface area (Å²) in [6.07, 6.45) is 6.75. The summed E-state index contributed by atoms with van der Waals surface area (Å²) in [4.78, 5) is 17.4. The number of likely N-dealkylation sites (N-methyl/N-ethyl adjacent to an activating group) is 1. The van der Waals surface area contributed by atoms with Crippen LogP contribution in [0, 0.1) is 0 Å². The number of hydrogen-bond donors (Lipinski definition) is 1. The molecule has 0 saturated carbocycles. The number of nitrogens with one attached hydrogen (secondary N) is 1. The minimum atomic E-state index is 0.0268. The zero-order valence-electron chi connectivity index (χ0n) is 14.5. The van der Waals surface area contributed by atoms with Crippen LogP contribution in [-0.2, 0) is 0 Å². The van der Waals surface area contributed by atoms with Gasteiger partial charge in [0.15, 0.2) is 0 Å². The third-order valence-corrected chi connectivity index (χ3v) is 5.35.